The number of hydrogen-bond donors (Lipinski definition) is 1. The zero-order valence-corrected chi connectivity index (χ0v) is 7.92. The largest absolute Gasteiger partial charge is 0.485 e. The van der Waals surface area contributed by atoms with Crippen molar-refractivity contribution in [3.05, 3.63) is 29.3 Å². The van der Waals surface area contributed by atoms with Crippen LogP contribution in [0.15, 0.2) is 24.3 Å². The number of rotatable bonds is 3. The molecule has 2 rings (SSSR count). The highest BCUT2D eigenvalue weighted by Crippen LogP contribution is 2.39. The Hall–Kier alpha value is -0.730. The molecular weight excluding hydrogens is 188 g/mol. The molecule has 0 saturated heterocycles. The number of aliphatic hydroxyl groups is 1. The van der Waals surface area contributed by atoms with Gasteiger partial charge in [-0.25, -0.2) is 0 Å². The molecule has 1 aliphatic carbocycles. The van der Waals surface area contributed by atoms with Crippen molar-refractivity contribution in [2.24, 2.45) is 0 Å². The Kier molecular flexibility index (Phi) is 2.18. The first-order chi connectivity index (χ1) is 6.24. The van der Waals surface area contributed by atoms with Gasteiger partial charge < -0.3 is 9.84 Å². The predicted molar refractivity (Wildman–Crippen MR) is 51.1 cm³/mol. The minimum Gasteiger partial charge on any atom is -0.485 e. The van der Waals surface area contributed by atoms with Crippen molar-refractivity contribution in [1.29, 1.82) is 0 Å². The highest BCUT2D eigenvalue weighted by atomic mass is 35.5. The van der Waals surface area contributed by atoms with Gasteiger partial charge in [-0.2, -0.15) is 0 Å². The van der Waals surface area contributed by atoms with Crippen molar-refractivity contribution in [3.63, 3.8) is 0 Å². The summed E-state index contributed by atoms with van der Waals surface area (Å²) >= 11 is 5.79. The fraction of sp³-hybridized carbons (Fsp3) is 0.400. The minimum absolute atomic E-state index is 0.0829. The zero-order chi connectivity index (χ0) is 9.31. The first-order valence-corrected chi connectivity index (χ1v) is 4.67. The lowest BCUT2D eigenvalue weighted by molar-refractivity contribution is 0.0954. The molecule has 1 N–H and O–H groups in total. The zero-order valence-electron chi connectivity index (χ0n) is 7.16. The average Bonchev–Trinajstić information content (AvgIpc) is 2.86. The van der Waals surface area contributed by atoms with Crippen LogP contribution in [0, 0.1) is 0 Å². The van der Waals surface area contributed by atoms with Crippen LogP contribution in [-0.2, 0) is 0 Å². The summed E-state index contributed by atoms with van der Waals surface area (Å²) in [5.74, 6) is 0.735. The molecule has 0 spiro atoms. The van der Waals surface area contributed by atoms with Crippen LogP contribution in [0.1, 0.15) is 12.8 Å². The molecule has 13 heavy (non-hydrogen) atoms. The topological polar surface area (TPSA) is 29.5 Å². The van der Waals surface area contributed by atoms with E-state index in [2.05, 4.69) is 0 Å². The Morgan fingerprint density at radius 1 is 1.46 bits per heavy atom. The van der Waals surface area contributed by atoms with E-state index in [4.69, 9.17) is 21.4 Å². The van der Waals surface area contributed by atoms with E-state index < -0.39 is 0 Å². The van der Waals surface area contributed by atoms with Crippen LogP contribution >= 0.6 is 11.6 Å². The number of halogens is 1. The lowest BCUT2D eigenvalue weighted by Gasteiger charge is -2.14. The number of ether oxygens (including phenoxy) is 1. The van der Waals surface area contributed by atoms with Crippen molar-refractivity contribution >= 4 is 11.6 Å². The molecule has 0 atom stereocenters. The lowest BCUT2D eigenvalue weighted by atomic mass is 10.3. The molecule has 1 aliphatic rings. The number of aliphatic hydroxyl groups excluding tert-OH is 1. The maximum Gasteiger partial charge on any atom is 0.132 e. The summed E-state index contributed by atoms with van der Waals surface area (Å²) < 4.78 is 5.61. The SMILES string of the molecule is OCC1(Oc2cccc(Cl)c2)CC1. The Morgan fingerprint density at radius 3 is 2.77 bits per heavy atom. The average molecular weight is 199 g/mol. The molecule has 0 aliphatic heterocycles. The van der Waals surface area contributed by atoms with Gasteiger partial charge in [0.05, 0.1) is 6.61 Å². The van der Waals surface area contributed by atoms with Gasteiger partial charge in [0.2, 0.25) is 0 Å². The molecule has 70 valence electrons. The van der Waals surface area contributed by atoms with Crippen molar-refractivity contribution in [3.8, 4) is 5.75 Å². The number of hydrogen-bond acceptors (Lipinski definition) is 2. The van der Waals surface area contributed by atoms with E-state index in [0.717, 1.165) is 18.6 Å². The van der Waals surface area contributed by atoms with Gasteiger partial charge in [-0.3, -0.25) is 0 Å². The number of benzene rings is 1. The second-order valence-corrected chi connectivity index (χ2v) is 3.84. The van der Waals surface area contributed by atoms with E-state index in [1.54, 1.807) is 12.1 Å². The molecule has 3 heteroatoms. The third kappa shape index (κ3) is 1.95. The van der Waals surface area contributed by atoms with Gasteiger partial charge in [0.25, 0.3) is 0 Å². The fourth-order valence-electron chi connectivity index (χ4n) is 1.21. The molecule has 1 aromatic carbocycles. The molecule has 1 saturated carbocycles. The van der Waals surface area contributed by atoms with Crippen molar-refractivity contribution < 1.29 is 9.84 Å². The van der Waals surface area contributed by atoms with Crippen LogP contribution < -0.4 is 4.74 Å². The van der Waals surface area contributed by atoms with Gasteiger partial charge in [-0.15, -0.1) is 0 Å². The summed E-state index contributed by atoms with van der Waals surface area (Å²) in [4.78, 5) is 0. The molecule has 1 fully saturated rings. The second kappa shape index (κ2) is 3.20. The van der Waals surface area contributed by atoms with Gasteiger partial charge in [0, 0.05) is 5.02 Å². The summed E-state index contributed by atoms with van der Waals surface area (Å²) in [7, 11) is 0. The Bertz CT molecular complexity index is 308. The van der Waals surface area contributed by atoms with E-state index in [9.17, 15) is 0 Å². The summed E-state index contributed by atoms with van der Waals surface area (Å²) in [6.07, 6.45) is 1.85. The Morgan fingerprint density at radius 2 is 2.23 bits per heavy atom. The third-order valence-corrected chi connectivity index (χ3v) is 2.46. The van der Waals surface area contributed by atoms with Gasteiger partial charge in [0.1, 0.15) is 11.4 Å². The van der Waals surface area contributed by atoms with Crippen LogP contribution in [0.4, 0.5) is 0 Å². The van der Waals surface area contributed by atoms with Crippen LogP contribution in [-0.4, -0.2) is 17.3 Å². The van der Waals surface area contributed by atoms with E-state index >= 15 is 0 Å². The quantitative estimate of drug-likeness (QED) is 0.807. The summed E-state index contributed by atoms with van der Waals surface area (Å²) in [6.45, 7) is 0.0829. The van der Waals surface area contributed by atoms with E-state index in [1.807, 2.05) is 12.1 Å². The Labute approximate surface area is 82.1 Å². The van der Waals surface area contributed by atoms with Crippen LogP contribution in [0.25, 0.3) is 0 Å². The van der Waals surface area contributed by atoms with Gasteiger partial charge in [0.15, 0.2) is 0 Å². The lowest BCUT2D eigenvalue weighted by Crippen LogP contribution is -2.22. The van der Waals surface area contributed by atoms with Gasteiger partial charge >= 0.3 is 0 Å². The molecule has 0 unspecified atom stereocenters. The maximum atomic E-state index is 9.03. The summed E-state index contributed by atoms with van der Waals surface area (Å²) in [5.41, 5.74) is -0.315. The van der Waals surface area contributed by atoms with Crippen LogP contribution in [0.2, 0.25) is 5.02 Å². The van der Waals surface area contributed by atoms with Crippen molar-refractivity contribution in [2.75, 3.05) is 6.61 Å². The third-order valence-electron chi connectivity index (χ3n) is 2.23. The van der Waals surface area contributed by atoms with E-state index in [0.29, 0.717) is 5.02 Å². The molecule has 0 bridgehead atoms. The van der Waals surface area contributed by atoms with Gasteiger partial charge in [-0.1, -0.05) is 17.7 Å². The predicted octanol–water partition coefficient (Wildman–Crippen LogP) is 2.24. The monoisotopic (exact) mass is 198 g/mol. The molecular formula is C10H11ClO2. The molecule has 2 nitrogen and oxygen atoms in total. The van der Waals surface area contributed by atoms with E-state index in [1.165, 1.54) is 0 Å². The summed E-state index contributed by atoms with van der Waals surface area (Å²) in [6, 6.07) is 7.25. The summed E-state index contributed by atoms with van der Waals surface area (Å²) in [5, 5.41) is 9.69. The normalized spacial score (nSPS) is 18.3. The standard InChI is InChI=1S/C10H11ClO2/c11-8-2-1-3-9(6-8)13-10(7-12)4-5-10/h1-3,6,12H,4-5,7H2. The highest BCUT2D eigenvalue weighted by Gasteiger charge is 2.44. The molecule has 0 aromatic heterocycles. The second-order valence-electron chi connectivity index (χ2n) is 3.40. The highest BCUT2D eigenvalue weighted by molar-refractivity contribution is 6.30. The molecule has 0 radical (unpaired) electrons. The maximum absolute atomic E-state index is 9.03. The van der Waals surface area contributed by atoms with E-state index in [-0.39, 0.29) is 12.2 Å². The minimum atomic E-state index is -0.315. The van der Waals surface area contributed by atoms with Gasteiger partial charge in [-0.05, 0) is 31.0 Å². The van der Waals surface area contributed by atoms with Crippen molar-refractivity contribution in [2.45, 2.75) is 18.4 Å². The molecule has 0 heterocycles. The van der Waals surface area contributed by atoms with Crippen LogP contribution in [0.3, 0.4) is 0 Å². The first-order valence-electron chi connectivity index (χ1n) is 4.30. The molecule has 0 amide bonds. The fourth-order valence-corrected chi connectivity index (χ4v) is 1.39. The Balaban J connectivity index is 2.09. The smallest absolute Gasteiger partial charge is 0.132 e. The van der Waals surface area contributed by atoms with Crippen LogP contribution in [0.5, 0.6) is 5.75 Å². The first kappa shape index (κ1) is 8.85. The molecule has 1 aromatic rings. The van der Waals surface area contributed by atoms with Crippen molar-refractivity contribution in [1.82, 2.24) is 0 Å².